The maximum Gasteiger partial charge on any atom is 0.472 e. The lowest BCUT2D eigenvalue weighted by Gasteiger charge is -2.20. The van der Waals surface area contributed by atoms with Crippen LogP contribution in [0.3, 0.4) is 0 Å². The van der Waals surface area contributed by atoms with Gasteiger partial charge in [0.15, 0.2) is 11.9 Å². The number of hydrogen-bond acceptors (Lipinski definition) is 10. The van der Waals surface area contributed by atoms with Crippen molar-refractivity contribution in [2.75, 3.05) is 26.4 Å². The van der Waals surface area contributed by atoms with Crippen LogP contribution in [0.15, 0.2) is 48.6 Å². The van der Waals surface area contributed by atoms with E-state index in [1.165, 1.54) is 83.5 Å². The molecule has 0 aliphatic heterocycles. The lowest BCUT2D eigenvalue weighted by Crippen LogP contribution is -2.29. The molecule has 0 aromatic heterocycles. The molecule has 0 heterocycles. The third-order valence-corrected chi connectivity index (χ3v) is 10.8. The predicted octanol–water partition coefficient (Wildman–Crippen LogP) is 11.9. The minimum Gasteiger partial charge on any atom is -0.462 e. The summed E-state index contributed by atoms with van der Waals surface area (Å²) in [4.78, 5) is 46.8. The molecule has 0 aromatic carbocycles. The van der Waals surface area contributed by atoms with Crippen molar-refractivity contribution in [3.8, 4) is 0 Å². The molecule has 0 aliphatic rings. The first kappa shape index (κ1) is 57.6. The molecular formula is C48H85O11P. The highest BCUT2D eigenvalue weighted by molar-refractivity contribution is 7.47. The summed E-state index contributed by atoms with van der Waals surface area (Å²) >= 11 is 0. The highest BCUT2D eigenvalue weighted by atomic mass is 31.2. The van der Waals surface area contributed by atoms with Gasteiger partial charge in [0.1, 0.15) is 12.7 Å². The number of aliphatic hydroxyl groups excluding tert-OH is 2. The lowest BCUT2D eigenvalue weighted by molar-refractivity contribution is -0.161. The fourth-order valence-electron chi connectivity index (χ4n) is 6.24. The zero-order valence-corrected chi connectivity index (χ0v) is 38.7. The van der Waals surface area contributed by atoms with Crippen LogP contribution in [-0.4, -0.2) is 71.5 Å². The summed E-state index contributed by atoms with van der Waals surface area (Å²) in [6.07, 6.45) is 40.7. The number of allylic oxidation sites excluding steroid dienone is 8. The first-order valence-electron chi connectivity index (χ1n) is 23.4. The number of carbonyl (C=O) groups is 3. The van der Waals surface area contributed by atoms with Gasteiger partial charge in [-0.25, -0.2) is 4.57 Å². The number of carbonyl (C=O) groups excluding carboxylic acids is 3. The molecule has 3 atom stereocenters. The van der Waals surface area contributed by atoms with E-state index in [2.05, 4.69) is 25.3 Å². The van der Waals surface area contributed by atoms with E-state index >= 15 is 0 Å². The molecule has 0 aliphatic carbocycles. The number of ketones is 1. The largest absolute Gasteiger partial charge is 0.472 e. The van der Waals surface area contributed by atoms with Gasteiger partial charge < -0.3 is 24.6 Å². The van der Waals surface area contributed by atoms with E-state index in [0.717, 1.165) is 57.3 Å². The van der Waals surface area contributed by atoms with Crippen LogP contribution in [0.4, 0.5) is 0 Å². The van der Waals surface area contributed by atoms with Gasteiger partial charge in [0.25, 0.3) is 0 Å². The van der Waals surface area contributed by atoms with Gasteiger partial charge in [-0.05, 0) is 50.5 Å². The van der Waals surface area contributed by atoms with Crippen LogP contribution in [0.5, 0.6) is 0 Å². The molecule has 0 aromatic rings. The van der Waals surface area contributed by atoms with E-state index < -0.39 is 51.8 Å². The van der Waals surface area contributed by atoms with Crippen LogP contribution in [0, 0.1) is 5.92 Å². The number of unbranched alkanes of at least 4 members (excludes halogenated alkanes) is 18. The van der Waals surface area contributed by atoms with Gasteiger partial charge in [-0.1, -0.05) is 179 Å². The van der Waals surface area contributed by atoms with E-state index in [1.54, 1.807) is 12.2 Å². The lowest BCUT2D eigenvalue weighted by atomic mass is 10.0. The summed E-state index contributed by atoms with van der Waals surface area (Å²) in [6, 6.07) is 0. The summed E-state index contributed by atoms with van der Waals surface area (Å²) in [5.74, 6) is -0.0343. The van der Waals surface area contributed by atoms with Gasteiger partial charge in [-0.3, -0.25) is 23.4 Å². The summed E-state index contributed by atoms with van der Waals surface area (Å²) in [7, 11) is -4.65. The van der Waals surface area contributed by atoms with Gasteiger partial charge in [-0.2, -0.15) is 0 Å². The van der Waals surface area contributed by atoms with Gasteiger partial charge in [-0.15, -0.1) is 0 Å². The zero-order valence-electron chi connectivity index (χ0n) is 37.8. The van der Waals surface area contributed by atoms with Crippen molar-refractivity contribution < 1.29 is 52.6 Å². The second kappa shape index (κ2) is 41.9. The normalized spacial score (nSPS) is 14.2. The van der Waals surface area contributed by atoms with Crippen LogP contribution >= 0.6 is 7.82 Å². The Bertz CT molecular complexity index is 1210. The quantitative estimate of drug-likeness (QED) is 0.0133. The molecule has 0 radical (unpaired) electrons. The second-order valence-corrected chi connectivity index (χ2v) is 17.8. The molecule has 0 bridgehead atoms. The van der Waals surface area contributed by atoms with Crippen LogP contribution in [0.25, 0.3) is 0 Å². The van der Waals surface area contributed by atoms with Crippen LogP contribution < -0.4 is 0 Å². The van der Waals surface area contributed by atoms with Crippen molar-refractivity contribution in [3.63, 3.8) is 0 Å². The molecule has 0 saturated heterocycles. The van der Waals surface area contributed by atoms with E-state index in [9.17, 15) is 28.9 Å². The summed E-state index contributed by atoms with van der Waals surface area (Å²) in [5.41, 5.74) is 0. The van der Waals surface area contributed by atoms with E-state index in [-0.39, 0.29) is 25.2 Å². The van der Waals surface area contributed by atoms with Crippen molar-refractivity contribution in [2.45, 2.75) is 206 Å². The van der Waals surface area contributed by atoms with Crippen molar-refractivity contribution in [1.82, 2.24) is 0 Å². The van der Waals surface area contributed by atoms with Crippen molar-refractivity contribution >= 4 is 25.5 Å². The summed E-state index contributed by atoms with van der Waals surface area (Å²) in [6.45, 7) is 4.50. The smallest absolute Gasteiger partial charge is 0.462 e. The Morgan fingerprint density at radius 3 is 1.70 bits per heavy atom. The maximum absolute atomic E-state index is 12.6. The third kappa shape index (κ3) is 42.3. The zero-order chi connectivity index (χ0) is 44.4. The molecular weight excluding hydrogens is 783 g/mol. The average molecular weight is 869 g/mol. The molecule has 0 fully saturated rings. The summed E-state index contributed by atoms with van der Waals surface area (Å²) in [5, 5.41) is 18.4. The minimum absolute atomic E-state index is 0.140. The molecule has 0 rings (SSSR count). The third-order valence-electron chi connectivity index (χ3n) is 9.89. The number of aliphatic hydroxyl groups is 2. The van der Waals surface area contributed by atoms with Crippen LogP contribution in [-0.2, 0) is 37.5 Å². The summed E-state index contributed by atoms with van der Waals surface area (Å²) < 4.78 is 32.7. The Labute approximate surface area is 364 Å². The van der Waals surface area contributed by atoms with Gasteiger partial charge in [0.2, 0.25) is 0 Å². The molecule has 348 valence electrons. The van der Waals surface area contributed by atoms with Gasteiger partial charge >= 0.3 is 19.8 Å². The van der Waals surface area contributed by atoms with Crippen LogP contribution in [0.2, 0.25) is 0 Å². The number of phosphoric ester groups is 1. The Kier molecular flexibility index (Phi) is 40.3. The second-order valence-electron chi connectivity index (χ2n) is 16.3. The van der Waals surface area contributed by atoms with Crippen molar-refractivity contribution in [2.24, 2.45) is 5.92 Å². The number of rotatable bonds is 43. The average Bonchev–Trinajstić information content (AvgIpc) is 3.22. The Hall–Kier alpha value is -2.40. The van der Waals surface area contributed by atoms with E-state index in [4.69, 9.17) is 19.1 Å². The highest BCUT2D eigenvalue weighted by Crippen LogP contribution is 2.43. The fourth-order valence-corrected chi connectivity index (χ4v) is 7.03. The Morgan fingerprint density at radius 1 is 0.600 bits per heavy atom. The molecule has 0 spiro atoms. The number of esters is 2. The number of hydrogen-bond donors (Lipinski definition) is 3. The highest BCUT2D eigenvalue weighted by Gasteiger charge is 2.27. The molecule has 12 heteroatoms. The molecule has 3 N–H and O–H groups in total. The first-order chi connectivity index (χ1) is 29.0. The van der Waals surface area contributed by atoms with E-state index in [1.807, 2.05) is 36.5 Å². The first-order valence-corrected chi connectivity index (χ1v) is 24.9. The SMILES string of the molecule is CCCCCC(=O)/C=C/C=C\C/C=C\C/C=C\CCCC(=O)OC[C@H](COP(=O)(O)OC[C@@H](O)CO)OC(=O)CCCCCCCCCCCCCCCCCCC(C)C. The Balaban J connectivity index is 4.35. The molecule has 0 amide bonds. The monoisotopic (exact) mass is 869 g/mol. The Morgan fingerprint density at radius 2 is 1.12 bits per heavy atom. The predicted molar refractivity (Wildman–Crippen MR) is 242 cm³/mol. The maximum atomic E-state index is 12.6. The van der Waals surface area contributed by atoms with Crippen LogP contribution in [0.1, 0.15) is 194 Å². The number of ether oxygens (including phenoxy) is 2. The van der Waals surface area contributed by atoms with Gasteiger partial charge in [0.05, 0.1) is 19.8 Å². The standard InChI is InChI=1S/C48H85O11P/c1-4-5-29-35-44(50)36-31-26-22-18-14-12-16-19-23-27-32-37-47(52)56-41-46(42-58-60(54,55)57-40-45(51)39-49)59-48(53)38-33-28-24-20-15-11-9-7-6-8-10-13-17-21-25-30-34-43(2)3/h12,14,19,22-23,26,31,36,43,45-46,49,51H,4-11,13,15-18,20-21,24-25,27-30,32-35,37-42H2,1-3H3,(H,54,55)/b14-12-,23-19-,26-22-,36-31+/t45-,46+/m0/s1. The minimum atomic E-state index is -4.65. The number of phosphoric acid groups is 1. The van der Waals surface area contributed by atoms with Crippen molar-refractivity contribution in [3.05, 3.63) is 48.6 Å². The molecule has 1 unspecified atom stereocenters. The molecule has 11 nitrogen and oxygen atoms in total. The van der Waals surface area contributed by atoms with Crippen molar-refractivity contribution in [1.29, 1.82) is 0 Å². The molecule has 0 saturated carbocycles. The topological polar surface area (TPSA) is 166 Å². The fraction of sp³-hybridized carbons (Fsp3) is 0.771. The van der Waals surface area contributed by atoms with E-state index in [0.29, 0.717) is 25.7 Å². The molecule has 60 heavy (non-hydrogen) atoms. The van der Waals surface area contributed by atoms with Gasteiger partial charge in [0, 0.05) is 19.3 Å².